The van der Waals surface area contributed by atoms with Gasteiger partial charge < -0.3 is 10.2 Å². The van der Waals surface area contributed by atoms with Gasteiger partial charge >= 0.3 is 5.97 Å². The van der Waals surface area contributed by atoms with Crippen LogP contribution in [0.4, 0.5) is 0 Å². The summed E-state index contributed by atoms with van der Waals surface area (Å²) < 4.78 is 0. The van der Waals surface area contributed by atoms with Crippen molar-refractivity contribution in [1.29, 1.82) is 0 Å². The van der Waals surface area contributed by atoms with Crippen LogP contribution in [0.25, 0.3) is 0 Å². The highest BCUT2D eigenvalue weighted by molar-refractivity contribution is 5.70. The Morgan fingerprint density at radius 3 is 2.12 bits per heavy atom. The van der Waals surface area contributed by atoms with Crippen LogP contribution in [0.5, 0.6) is 0 Å². The summed E-state index contributed by atoms with van der Waals surface area (Å²) in [7, 11) is 0. The summed E-state index contributed by atoms with van der Waals surface area (Å²) in [6.45, 7) is 5.81. The van der Waals surface area contributed by atoms with Crippen molar-refractivity contribution in [3.63, 3.8) is 0 Å². The molecule has 3 heteroatoms. The fraction of sp³-hybridized carbons (Fsp3) is 0.500. The summed E-state index contributed by atoms with van der Waals surface area (Å²) in [6, 6.07) is 7.52. The van der Waals surface area contributed by atoms with E-state index in [1.807, 2.05) is 24.3 Å². The van der Waals surface area contributed by atoms with Gasteiger partial charge in [-0.05, 0) is 30.4 Å². The largest absolute Gasteiger partial charge is 0.481 e. The van der Waals surface area contributed by atoms with Crippen LogP contribution in [0.1, 0.15) is 38.0 Å². The molecule has 17 heavy (non-hydrogen) atoms. The minimum Gasteiger partial charge on any atom is -0.481 e. The number of carbonyl (C=O) groups is 1. The van der Waals surface area contributed by atoms with Crippen LogP contribution in [0.3, 0.4) is 0 Å². The van der Waals surface area contributed by atoms with Crippen molar-refractivity contribution in [3.05, 3.63) is 35.4 Å². The third-order valence-corrected chi connectivity index (χ3v) is 2.83. The maximum atomic E-state index is 10.8. The third kappa shape index (κ3) is 3.86. The van der Waals surface area contributed by atoms with E-state index in [9.17, 15) is 9.90 Å². The molecule has 0 saturated heterocycles. The first-order valence-electron chi connectivity index (χ1n) is 5.91. The van der Waals surface area contributed by atoms with Crippen LogP contribution >= 0.6 is 0 Å². The van der Waals surface area contributed by atoms with E-state index in [2.05, 4.69) is 13.8 Å². The molecule has 0 aromatic heterocycles. The number of aliphatic carboxylic acids is 1. The van der Waals surface area contributed by atoms with Gasteiger partial charge in [0, 0.05) is 0 Å². The molecule has 0 amide bonds. The van der Waals surface area contributed by atoms with Crippen molar-refractivity contribution in [2.75, 3.05) is 0 Å². The van der Waals surface area contributed by atoms with Crippen LogP contribution in [0, 0.1) is 11.8 Å². The first-order chi connectivity index (χ1) is 7.91. The van der Waals surface area contributed by atoms with Crippen LogP contribution in [0.15, 0.2) is 24.3 Å². The van der Waals surface area contributed by atoms with Gasteiger partial charge in [0.15, 0.2) is 0 Å². The average Bonchev–Trinajstić information content (AvgIpc) is 2.27. The second-order valence-corrected chi connectivity index (χ2v) is 4.91. The Labute approximate surface area is 102 Å². The Morgan fingerprint density at radius 1 is 1.18 bits per heavy atom. The van der Waals surface area contributed by atoms with E-state index in [4.69, 9.17) is 5.11 Å². The molecule has 2 N–H and O–H groups in total. The predicted molar refractivity (Wildman–Crippen MR) is 66.7 cm³/mol. The van der Waals surface area contributed by atoms with Gasteiger partial charge in [-0.1, -0.05) is 38.1 Å². The number of aliphatic hydroxyl groups is 1. The molecule has 1 rings (SSSR count). The van der Waals surface area contributed by atoms with E-state index in [0.29, 0.717) is 11.5 Å². The van der Waals surface area contributed by atoms with Crippen molar-refractivity contribution in [3.8, 4) is 0 Å². The lowest BCUT2D eigenvalue weighted by Crippen LogP contribution is -2.18. The number of aliphatic hydroxyl groups excluding tert-OH is 1. The lowest BCUT2D eigenvalue weighted by molar-refractivity contribution is -0.145. The first-order valence-corrected chi connectivity index (χ1v) is 5.91. The van der Waals surface area contributed by atoms with Crippen LogP contribution < -0.4 is 0 Å². The van der Waals surface area contributed by atoms with Gasteiger partial charge in [0.25, 0.3) is 0 Å². The van der Waals surface area contributed by atoms with Crippen molar-refractivity contribution < 1.29 is 15.0 Å². The summed E-state index contributed by atoms with van der Waals surface area (Å²) >= 11 is 0. The van der Waals surface area contributed by atoms with Gasteiger partial charge in [-0.2, -0.15) is 0 Å². The Morgan fingerprint density at radius 2 is 1.71 bits per heavy atom. The molecule has 0 aliphatic rings. The van der Waals surface area contributed by atoms with E-state index < -0.39 is 18.0 Å². The molecule has 0 radical (unpaired) electrons. The zero-order valence-electron chi connectivity index (χ0n) is 10.6. The minimum atomic E-state index is -0.983. The van der Waals surface area contributed by atoms with Crippen molar-refractivity contribution in [1.82, 2.24) is 0 Å². The van der Waals surface area contributed by atoms with Crippen molar-refractivity contribution >= 4 is 5.97 Å². The van der Waals surface area contributed by atoms with Crippen LogP contribution in [-0.4, -0.2) is 16.2 Å². The summed E-state index contributed by atoms with van der Waals surface area (Å²) in [5.41, 5.74) is 1.87. The van der Waals surface area contributed by atoms with Gasteiger partial charge in [0.2, 0.25) is 0 Å². The van der Waals surface area contributed by atoms with E-state index in [0.717, 1.165) is 6.42 Å². The Balaban J connectivity index is 2.76. The SMILES string of the molecule is CC(C)Cc1ccc(C(O)C(C)C(=O)O)cc1. The number of rotatable bonds is 5. The van der Waals surface area contributed by atoms with Crippen molar-refractivity contribution in [2.45, 2.75) is 33.3 Å². The Hall–Kier alpha value is -1.35. The fourth-order valence-electron chi connectivity index (χ4n) is 1.75. The summed E-state index contributed by atoms with van der Waals surface area (Å²) in [5.74, 6) is -1.18. The second kappa shape index (κ2) is 5.82. The normalized spacial score (nSPS) is 14.6. The molecule has 0 fully saturated rings. The number of hydrogen-bond donors (Lipinski definition) is 2. The Kier molecular flexibility index (Phi) is 4.70. The predicted octanol–water partition coefficient (Wildman–Crippen LogP) is 2.64. The zero-order valence-corrected chi connectivity index (χ0v) is 10.6. The summed E-state index contributed by atoms with van der Waals surface area (Å²) in [4.78, 5) is 10.8. The topological polar surface area (TPSA) is 57.5 Å². The number of carboxylic acids is 1. The van der Waals surface area contributed by atoms with Crippen molar-refractivity contribution in [2.24, 2.45) is 11.8 Å². The van der Waals surface area contributed by atoms with E-state index in [1.54, 1.807) is 0 Å². The molecule has 2 unspecified atom stereocenters. The monoisotopic (exact) mass is 236 g/mol. The lowest BCUT2D eigenvalue weighted by Gasteiger charge is -2.15. The van der Waals surface area contributed by atoms with E-state index >= 15 is 0 Å². The first kappa shape index (κ1) is 13.7. The highest BCUT2D eigenvalue weighted by Gasteiger charge is 2.22. The number of benzene rings is 1. The van der Waals surface area contributed by atoms with Gasteiger partial charge in [-0.3, -0.25) is 4.79 Å². The molecule has 0 heterocycles. The van der Waals surface area contributed by atoms with Gasteiger partial charge in [-0.25, -0.2) is 0 Å². The maximum Gasteiger partial charge on any atom is 0.309 e. The lowest BCUT2D eigenvalue weighted by atomic mass is 9.95. The molecule has 94 valence electrons. The highest BCUT2D eigenvalue weighted by atomic mass is 16.4. The van der Waals surface area contributed by atoms with E-state index in [-0.39, 0.29) is 0 Å². The van der Waals surface area contributed by atoms with Gasteiger partial charge in [0.05, 0.1) is 12.0 Å². The van der Waals surface area contributed by atoms with Gasteiger partial charge in [-0.15, -0.1) is 0 Å². The van der Waals surface area contributed by atoms with Crippen LogP contribution in [-0.2, 0) is 11.2 Å². The molecule has 0 bridgehead atoms. The van der Waals surface area contributed by atoms with Crippen LogP contribution in [0.2, 0.25) is 0 Å². The highest BCUT2D eigenvalue weighted by Crippen LogP contribution is 2.22. The zero-order chi connectivity index (χ0) is 13.0. The number of carboxylic acid groups (broad SMARTS) is 1. The standard InChI is InChI=1S/C14H20O3/c1-9(2)8-11-4-6-12(7-5-11)13(15)10(3)14(16)17/h4-7,9-10,13,15H,8H2,1-3H3,(H,16,17). The molecule has 1 aromatic carbocycles. The molecule has 0 aliphatic heterocycles. The molecule has 3 nitrogen and oxygen atoms in total. The fourth-order valence-corrected chi connectivity index (χ4v) is 1.75. The number of hydrogen-bond acceptors (Lipinski definition) is 2. The molecule has 1 aromatic rings. The Bertz CT molecular complexity index is 368. The average molecular weight is 236 g/mol. The molecular formula is C14H20O3. The second-order valence-electron chi connectivity index (χ2n) is 4.91. The van der Waals surface area contributed by atoms with E-state index in [1.165, 1.54) is 12.5 Å². The van der Waals surface area contributed by atoms with Gasteiger partial charge in [0.1, 0.15) is 0 Å². The molecule has 0 spiro atoms. The molecule has 0 aliphatic carbocycles. The quantitative estimate of drug-likeness (QED) is 0.826. The summed E-state index contributed by atoms with van der Waals surface area (Å²) in [5, 5.41) is 18.7. The minimum absolute atomic E-state index is 0.587. The smallest absolute Gasteiger partial charge is 0.309 e. The molecular weight excluding hydrogens is 216 g/mol. The maximum absolute atomic E-state index is 10.8. The third-order valence-electron chi connectivity index (χ3n) is 2.83. The summed E-state index contributed by atoms with van der Waals surface area (Å²) in [6.07, 6.45) is 0.0470. The molecule has 0 saturated carbocycles. The molecule has 2 atom stereocenters.